The third-order valence-corrected chi connectivity index (χ3v) is 3.91. The lowest BCUT2D eigenvalue weighted by Gasteiger charge is -2.16. The molecule has 0 aliphatic heterocycles. The minimum absolute atomic E-state index is 0.234. The molecule has 0 amide bonds. The van der Waals surface area contributed by atoms with Gasteiger partial charge in [-0.05, 0) is 30.4 Å². The highest BCUT2D eigenvalue weighted by Crippen LogP contribution is 2.10. The monoisotopic (exact) mass is 291 g/mol. The van der Waals surface area contributed by atoms with Crippen LogP contribution in [0.5, 0.6) is 0 Å². The van der Waals surface area contributed by atoms with Crippen LogP contribution in [0.4, 0.5) is 0 Å². The first-order chi connectivity index (χ1) is 9.83. The number of nitrogens with one attached hydrogen (secondary N) is 1. The molecule has 0 radical (unpaired) electrons. The average Bonchev–Trinajstić information content (AvgIpc) is 3.00. The molecule has 2 rings (SSSR count). The molecule has 4 nitrogen and oxygen atoms in total. The van der Waals surface area contributed by atoms with Crippen molar-refractivity contribution in [3.63, 3.8) is 0 Å². The highest BCUT2D eigenvalue weighted by Gasteiger charge is 2.06. The Morgan fingerprint density at radius 1 is 1.35 bits per heavy atom. The maximum Gasteiger partial charge on any atom is 0.0991 e. The van der Waals surface area contributed by atoms with Crippen LogP contribution in [0, 0.1) is 0 Å². The Balaban J connectivity index is 1.90. The number of aliphatic hydroxyl groups excluding tert-OH is 1. The van der Waals surface area contributed by atoms with Gasteiger partial charge in [0.15, 0.2) is 0 Å². The minimum Gasteiger partial charge on any atom is -0.396 e. The van der Waals surface area contributed by atoms with Crippen molar-refractivity contribution >= 4 is 11.8 Å². The molecule has 2 aromatic rings. The summed E-state index contributed by atoms with van der Waals surface area (Å²) in [6.07, 6.45) is 8.39. The normalized spacial score (nSPS) is 12.5. The van der Waals surface area contributed by atoms with Crippen LogP contribution in [0.2, 0.25) is 0 Å². The van der Waals surface area contributed by atoms with Crippen molar-refractivity contribution in [1.29, 1.82) is 0 Å². The molecule has 2 N–H and O–H groups in total. The first kappa shape index (κ1) is 15.1. The number of hydrogen-bond donors (Lipinski definition) is 2. The Bertz CT molecular complexity index is 478. The van der Waals surface area contributed by atoms with Crippen molar-refractivity contribution in [2.75, 3.05) is 18.6 Å². The van der Waals surface area contributed by atoms with E-state index in [2.05, 4.69) is 40.8 Å². The number of thioether (sulfide) groups is 1. The summed E-state index contributed by atoms with van der Waals surface area (Å²) in [5.74, 6) is 1.02. The molecular formula is C15H21N3OS. The number of aromatic nitrogens is 2. The van der Waals surface area contributed by atoms with Crippen LogP contribution in [0.15, 0.2) is 43.0 Å². The Morgan fingerprint density at radius 3 is 2.75 bits per heavy atom. The zero-order chi connectivity index (χ0) is 14.2. The standard InChI is InChI=1S/C15H21N3OS/c1-20-11-14(6-9-19)17-10-13-2-4-15(5-3-13)18-8-7-16-12-18/h2-5,7-8,12,14,17,19H,6,9-11H2,1H3. The van der Waals surface area contributed by atoms with E-state index in [1.165, 1.54) is 5.56 Å². The van der Waals surface area contributed by atoms with Gasteiger partial charge in [-0.25, -0.2) is 4.98 Å². The van der Waals surface area contributed by atoms with Crippen LogP contribution in [0.1, 0.15) is 12.0 Å². The number of rotatable bonds is 8. The Labute approximate surface area is 124 Å². The molecule has 20 heavy (non-hydrogen) atoms. The van der Waals surface area contributed by atoms with Crippen LogP contribution >= 0.6 is 11.8 Å². The SMILES string of the molecule is CSCC(CCO)NCc1ccc(-n2ccnc2)cc1. The first-order valence-electron chi connectivity index (χ1n) is 6.74. The zero-order valence-electron chi connectivity index (χ0n) is 11.7. The summed E-state index contributed by atoms with van der Waals surface area (Å²) in [5, 5.41) is 12.5. The maximum atomic E-state index is 9.04. The number of imidazole rings is 1. The lowest BCUT2D eigenvalue weighted by molar-refractivity contribution is 0.270. The molecule has 108 valence electrons. The third kappa shape index (κ3) is 4.37. The summed E-state index contributed by atoms with van der Waals surface area (Å²) in [5.41, 5.74) is 2.36. The number of nitrogens with zero attached hydrogens (tertiary/aromatic N) is 2. The molecule has 0 saturated heterocycles. The molecule has 0 fully saturated rings. The van der Waals surface area contributed by atoms with Crippen molar-refractivity contribution in [2.24, 2.45) is 0 Å². The van der Waals surface area contributed by atoms with Crippen molar-refractivity contribution < 1.29 is 5.11 Å². The lowest BCUT2D eigenvalue weighted by Crippen LogP contribution is -2.31. The Hall–Kier alpha value is -1.30. The fourth-order valence-electron chi connectivity index (χ4n) is 2.06. The average molecular weight is 291 g/mol. The Kier molecular flexibility index (Phi) is 6.11. The van der Waals surface area contributed by atoms with E-state index in [1.807, 2.05) is 10.8 Å². The highest BCUT2D eigenvalue weighted by atomic mass is 32.2. The molecular weight excluding hydrogens is 270 g/mol. The fourth-order valence-corrected chi connectivity index (χ4v) is 2.75. The van der Waals surface area contributed by atoms with E-state index in [0.29, 0.717) is 6.04 Å². The molecule has 0 saturated carbocycles. The molecule has 1 aromatic carbocycles. The first-order valence-corrected chi connectivity index (χ1v) is 8.13. The maximum absolute atomic E-state index is 9.04. The van der Waals surface area contributed by atoms with Crippen molar-refractivity contribution in [1.82, 2.24) is 14.9 Å². The largest absolute Gasteiger partial charge is 0.396 e. The third-order valence-electron chi connectivity index (χ3n) is 3.18. The van der Waals surface area contributed by atoms with Gasteiger partial charge in [-0.2, -0.15) is 11.8 Å². The van der Waals surface area contributed by atoms with Crippen molar-refractivity contribution in [3.8, 4) is 5.69 Å². The van der Waals surface area contributed by atoms with E-state index in [1.54, 1.807) is 24.3 Å². The van der Waals surface area contributed by atoms with Crippen LogP contribution in [-0.4, -0.2) is 39.3 Å². The summed E-state index contributed by atoms with van der Waals surface area (Å²) in [7, 11) is 0. The second-order valence-corrected chi connectivity index (χ2v) is 5.59. The van der Waals surface area contributed by atoms with E-state index in [9.17, 15) is 0 Å². The van der Waals surface area contributed by atoms with Gasteiger partial charge in [0, 0.05) is 43.0 Å². The summed E-state index contributed by atoms with van der Waals surface area (Å²) < 4.78 is 1.99. The molecule has 0 bridgehead atoms. The highest BCUT2D eigenvalue weighted by molar-refractivity contribution is 7.98. The lowest BCUT2D eigenvalue weighted by atomic mass is 10.2. The van der Waals surface area contributed by atoms with Gasteiger partial charge in [-0.3, -0.25) is 0 Å². The van der Waals surface area contributed by atoms with Gasteiger partial charge < -0.3 is 15.0 Å². The van der Waals surface area contributed by atoms with Gasteiger partial charge in [-0.1, -0.05) is 12.1 Å². The van der Waals surface area contributed by atoms with Gasteiger partial charge in [0.25, 0.3) is 0 Å². The molecule has 0 aliphatic carbocycles. The van der Waals surface area contributed by atoms with Gasteiger partial charge in [0.05, 0.1) is 6.33 Å². The van der Waals surface area contributed by atoms with Gasteiger partial charge in [-0.15, -0.1) is 0 Å². The Morgan fingerprint density at radius 2 is 2.15 bits per heavy atom. The fraction of sp³-hybridized carbons (Fsp3) is 0.400. The predicted molar refractivity (Wildman–Crippen MR) is 84.3 cm³/mol. The molecule has 1 aromatic heterocycles. The van der Waals surface area contributed by atoms with E-state index in [0.717, 1.165) is 24.4 Å². The second kappa shape index (κ2) is 8.09. The second-order valence-electron chi connectivity index (χ2n) is 4.68. The summed E-state index contributed by atoms with van der Waals surface area (Å²) >= 11 is 1.80. The topological polar surface area (TPSA) is 50.1 Å². The molecule has 1 unspecified atom stereocenters. The summed E-state index contributed by atoms with van der Waals surface area (Å²) in [4.78, 5) is 4.05. The van der Waals surface area contributed by atoms with Crippen molar-refractivity contribution in [3.05, 3.63) is 48.5 Å². The summed E-state index contributed by atoms with van der Waals surface area (Å²) in [6.45, 7) is 1.06. The predicted octanol–water partition coefficient (Wildman–Crippen LogP) is 2.08. The van der Waals surface area contributed by atoms with E-state index in [4.69, 9.17) is 5.11 Å². The van der Waals surface area contributed by atoms with E-state index >= 15 is 0 Å². The van der Waals surface area contributed by atoms with Gasteiger partial charge >= 0.3 is 0 Å². The van der Waals surface area contributed by atoms with Crippen LogP contribution in [0.25, 0.3) is 5.69 Å². The number of hydrogen-bond acceptors (Lipinski definition) is 4. The molecule has 1 atom stereocenters. The van der Waals surface area contributed by atoms with Crippen LogP contribution in [0.3, 0.4) is 0 Å². The quantitative estimate of drug-likeness (QED) is 0.782. The number of aliphatic hydroxyl groups is 1. The molecule has 0 spiro atoms. The summed E-state index contributed by atoms with van der Waals surface area (Å²) in [6, 6.07) is 8.79. The van der Waals surface area contributed by atoms with Crippen molar-refractivity contribution in [2.45, 2.75) is 19.0 Å². The molecule has 0 aliphatic rings. The molecule has 1 heterocycles. The van der Waals surface area contributed by atoms with Gasteiger partial charge in [0.2, 0.25) is 0 Å². The van der Waals surface area contributed by atoms with Crippen LogP contribution in [-0.2, 0) is 6.54 Å². The van der Waals surface area contributed by atoms with E-state index < -0.39 is 0 Å². The number of benzene rings is 1. The minimum atomic E-state index is 0.234. The van der Waals surface area contributed by atoms with Crippen LogP contribution < -0.4 is 5.32 Å². The van der Waals surface area contributed by atoms with Gasteiger partial charge in [0.1, 0.15) is 0 Å². The molecule has 5 heteroatoms. The smallest absolute Gasteiger partial charge is 0.0991 e. The zero-order valence-corrected chi connectivity index (χ0v) is 12.5. The van der Waals surface area contributed by atoms with E-state index in [-0.39, 0.29) is 6.61 Å².